The first-order valence-electron chi connectivity index (χ1n) is 12.5. The molecule has 0 aromatic heterocycles. The average molecular weight is 467 g/mol. The van der Waals surface area contributed by atoms with Crippen molar-refractivity contribution in [2.24, 2.45) is 0 Å². The number of aliphatic carboxylic acids is 1. The molecule has 0 unspecified atom stereocenters. The van der Waals surface area contributed by atoms with Crippen LogP contribution in [0, 0.1) is 13.8 Å². The molecule has 4 heteroatoms. The normalized spacial score (nSPS) is 12.3. The number of hydrogen-bond donors (Lipinski definition) is 2. The summed E-state index contributed by atoms with van der Waals surface area (Å²) in [6.45, 7) is 12.9. The Morgan fingerprint density at radius 1 is 0.941 bits per heavy atom. The van der Waals surface area contributed by atoms with E-state index in [9.17, 15) is 9.90 Å². The standard InChI is InChI=1S/C30H42O4/c1-7-30(8-2,25-14-13-24(22(3)20-25)17-18-29(5,6)33)26-15-16-27(23(4)21-26)34-19-11-9-10-12-28(31)32/h13-18,20-21,33H,7-12,19H2,1-6H3,(H,31,32)/b18-17+. The van der Waals surface area contributed by atoms with Crippen LogP contribution in [-0.4, -0.2) is 28.4 Å². The number of unbranched alkanes of at least 4 members (excludes halogenated alkanes) is 2. The topological polar surface area (TPSA) is 66.8 Å². The molecule has 2 rings (SSSR count). The van der Waals surface area contributed by atoms with Gasteiger partial charge in [0.05, 0.1) is 12.2 Å². The van der Waals surface area contributed by atoms with Crippen LogP contribution < -0.4 is 4.74 Å². The smallest absolute Gasteiger partial charge is 0.303 e. The molecule has 0 atom stereocenters. The van der Waals surface area contributed by atoms with Crippen LogP contribution in [0.15, 0.2) is 42.5 Å². The minimum atomic E-state index is -0.832. The zero-order chi connectivity index (χ0) is 25.4. The highest BCUT2D eigenvalue weighted by atomic mass is 16.5. The van der Waals surface area contributed by atoms with Gasteiger partial charge >= 0.3 is 5.97 Å². The van der Waals surface area contributed by atoms with Crippen molar-refractivity contribution in [3.8, 4) is 5.75 Å². The lowest BCUT2D eigenvalue weighted by atomic mass is 9.70. The fraction of sp³-hybridized carbons (Fsp3) is 0.500. The van der Waals surface area contributed by atoms with Crippen molar-refractivity contribution in [2.75, 3.05) is 6.61 Å². The Morgan fingerprint density at radius 3 is 2.09 bits per heavy atom. The van der Waals surface area contributed by atoms with E-state index < -0.39 is 11.6 Å². The predicted octanol–water partition coefficient (Wildman–Crippen LogP) is 7.22. The van der Waals surface area contributed by atoms with Gasteiger partial charge in [-0.2, -0.15) is 0 Å². The van der Waals surface area contributed by atoms with Crippen molar-refractivity contribution in [3.05, 3.63) is 70.3 Å². The molecule has 0 radical (unpaired) electrons. The van der Waals surface area contributed by atoms with Gasteiger partial charge in [-0.3, -0.25) is 4.79 Å². The average Bonchev–Trinajstić information content (AvgIpc) is 2.77. The molecule has 0 aliphatic heterocycles. The zero-order valence-corrected chi connectivity index (χ0v) is 21.8. The molecule has 0 saturated heterocycles. The van der Waals surface area contributed by atoms with E-state index >= 15 is 0 Å². The van der Waals surface area contributed by atoms with Crippen molar-refractivity contribution < 1.29 is 19.7 Å². The van der Waals surface area contributed by atoms with Gasteiger partial charge in [0.15, 0.2) is 0 Å². The van der Waals surface area contributed by atoms with E-state index in [4.69, 9.17) is 9.84 Å². The molecule has 0 spiro atoms. The summed E-state index contributed by atoms with van der Waals surface area (Å²) in [6, 6.07) is 13.2. The molecule has 0 aliphatic rings. The molecule has 0 saturated carbocycles. The Bertz CT molecular complexity index is 978. The van der Waals surface area contributed by atoms with Gasteiger partial charge in [-0.15, -0.1) is 0 Å². The van der Waals surface area contributed by atoms with Crippen LogP contribution in [0.25, 0.3) is 6.08 Å². The molecule has 0 heterocycles. The van der Waals surface area contributed by atoms with Gasteiger partial charge in [-0.05, 0) is 93.7 Å². The molecule has 0 fully saturated rings. The summed E-state index contributed by atoms with van der Waals surface area (Å²) >= 11 is 0. The molecular formula is C30H42O4. The third-order valence-corrected chi connectivity index (χ3v) is 6.72. The maximum Gasteiger partial charge on any atom is 0.303 e. The van der Waals surface area contributed by atoms with E-state index in [-0.39, 0.29) is 11.8 Å². The number of carbonyl (C=O) groups is 1. The molecule has 2 N–H and O–H groups in total. The summed E-state index contributed by atoms with van der Waals surface area (Å²) in [5.74, 6) is 0.157. The largest absolute Gasteiger partial charge is 0.493 e. The van der Waals surface area contributed by atoms with Gasteiger partial charge in [0, 0.05) is 11.8 Å². The number of hydrogen-bond acceptors (Lipinski definition) is 3. The summed E-state index contributed by atoms with van der Waals surface area (Å²) in [6.07, 6.45) is 8.44. The Balaban J connectivity index is 2.22. The maximum atomic E-state index is 10.6. The van der Waals surface area contributed by atoms with Crippen LogP contribution in [0.4, 0.5) is 0 Å². The molecule has 34 heavy (non-hydrogen) atoms. The summed E-state index contributed by atoms with van der Waals surface area (Å²) in [5, 5.41) is 18.8. The molecule has 0 aliphatic carbocycles. The van der Waals surface area contributed by atoms with Crippen molar-refractivity contribution in [1.29, 1.82) is 0 Å². The number of rotatable bonds is 13. The summed E-state index contributed by atoms with van der Waals surface area (Å²) in [5.41, 5.74) is 5.13. The lowest BCUT2D eigenvalue weighted by Crippen LogP contribution is -2.26. The van der Waals surface area contributed by atoms with Gasteiger partial charge < -0.3 is 14.9 Å². The fourth-order valence-electron chi connectivity index (χ4n) is 4.53. The lowest BCUT2D eigenvalue weighted by Gasteiger charge is -2.34. The molecular weight excluding hydrogens is 424 g/mol. The molecule has 2 aromatic rings. The Morgan fingerprint density at radius 2 is 1.56 bits per heavy atom. The van der Waals surface area contributed by atoms with Crippen LogP contribution in [0.5, 0.6) is 5.75 Å². The maximum absolute atomic E-state index is 10.6. The van der Waals surface area contributed by atoms with E-state index in [0.717, 1.165) is 42.6 Å². The number of ether oxygens (including phenoxy) is 1. The van der Waals surface area contributed by atoms with E-state index in [1.165, 1.54) is 16.7 Å². The molecule has 2 aromatic carbocycles. The quantitative estimate of drug-likeness (QED) is 0.306. The van der Waals surface area contributed by atoms with Crippen molar-refractivity contribution >= 4 is 12.0 Å². The zero-order valence-electron chi connectivity index (χ0n) is 21.8. The van der Waals surface area contributed by atoms with Crippen molar-refractivity contribution in [3.63, 3.8) is 0 Å². The highest BCUT2D eigenvalue weighted by molar-refractivity contribution is 5.66. The summed E-state index contributed by atoms with van der Waals surface area (Å²) in [4.78, 5) is 10.6. The second-order valence-electron chi connectivity index (χ2n) is 9.88. The SMILES string of the molecule is CCC(CC)(c1ccc(/C=C/C(C)(C)O)c(C)c1)c1ccc(OCCCCCC(=O)O)c(C)c1. The number of benzene rings is 2. The number of carboxylic acid groups (broad SMARTS) is 1. The lowest BCUT2D eigenvalue weighted by molar-refractivity contribution is -0.137. The third kappa shape index (κ3) is 7.46. The summed E-state index contributed by atoms with van der Waals surface area (Å²) < 4.78 is 6.00. The minimum Gasteiger partial charge on any atom is -0.493 e. The van der Waals surface area contributed by atoms with Crippen LogP contribution in [0.1, 0.15) is 94.0 Å². The number of aryl methyl sites for hydroxylation is 2. The van der Waals surface area contributed by atoms with Gasteiger partial charge in [0.2, 0.25) is 0 Å². The molecule has 0 bridgehead atoms. The van der Waals surface area contributed by atoms with Gasteiger partial charge in [0.1, 0.15) is 5.75 Å². The van der Waals surface area contributed by atoms with Gasteiger partial charge in [0.25, 0.3) is 0 Å². The fourth-order valence-corrected chi connectivity index (χ4v) is 4.53. The predicted molar refractivity (Wildman–Crippen MR) is 141 cm³/mol. The van der Waals surface area contributed by atoms with Crippen molar-refractivity contribution in [2.45, 2.75) is 91.1 Å². The highest BCUT2D eigenvalue weighted by Gasteiger charge is 2.31. The van der Waals surface area contributed by atoms with E-state index in [1.807, 2.05) is 12.2 Å². The first kappa shape index (κ1) is 27.7. The minimum absolute atomic E-state index is 0.0800. The van der Waals surface area contributed by atoms with Crippen molar-refractivity contribution in [1.82, 2.24) is 0 Å². The first-order valence-corrected chi connectivity index (χ1v) is 12.5. The monoisotopic (exact) mass is 466 g/mol. The van der Waals surface area contributed by atoms with E-state index in [2.05, 4.69) is 64.1 Å². The Labute approximate surface area is 205 Å². The molecule has 186 valence electrons. The van der Waals surface area contributed by atoms with E-state index in [1.54, 1.807) is 13.8 Å². The molecule has 4 nitrogen and oxygen atoms in total. The second kappa shape index (κ2) is 12.2. The van der Waals surface area contributed by atoms with E-state index in [0.29, 0.717) is 13.0 Å². The van der Waals surface area contributed by atoms with Crippen LogP contribution in [0.3, 0.4) is 0 Å². The summed E-state index contributed by atoms with van der Waals surface area (Å²) in [7, 11) is 0. The first-order chi connectivity index (χ1) is 16.0. The van der Waals surface area contributed by atoms with Crippen LogP contribution in [-0.2, 0) is 10.2 Å². The highest BCUT2D eigenvalue weighted by Crippen LogP contribution is 2.41. The Hall–Kier alpha value is -2.59. The van der Waals surface area contributed by atoms with Gasteiger partial charge in [-0.25, -0.2) is 0 Å². The second-order valence-corrected chi connectivity index (χ2v) is 9.88. The Kier molecular flexibility index (Phi) is 9.93. The number of aliphatic hydroxyl groups is 1. The molecule has 0 amide bonds. The number of carboxylic acids is 1. The van der Waals surface area contributed by atoms with Crippen LogP contribution in [0.2, 0.25) is 0 Å². The van der Waals surface area contributed by atoms with Crippen LogP contribution >= 0.6 is 0 Å². The van der Waals surface area contributed by atoms with Gasteiger partial charge in [-0.1, -0.05) is 56.3 Å². The third-order valence-electron chi connectivity index (χ3n) is 6.72.